The molecule has 0 aliphatic rings. The average Bonchev–Trinajstić information content (AvgIpc) is 2.33. The lowest BCUT2D eigenvalue weighted by Crippen LogP contribution is -1.96. The zero-order valence-corrected chi connectivity index (χ0v) is 11.0. The van der Waals surface area contributed by atoms with E-state index in [1.54, 1.807) is 6.20 Å². The van der Waals surface area contributed by atoms with E-state index in [-0.39, 0.29) is 0 Å². The molecule has 0 aliphatic carbocycles. The topological polar surface area (TPSA) is 48.1 Å². The maximum atomic E-state index is 5.88. The van der Waals surface area contributed by atoms with Crippen LogP contribution in [0.1, 0.15) is 30.9 Å². The summed E-state index contributed by atoms with van der Waals surface area (Å²) in [4.78, 5) is 4.20. The molecule has 0 radical (unpaired) electrons. The quantitative estimate of drug-likeness (QED) is 0.888. The predicted octanol–water partition coefficient (Wildman–Crippen LogP) is 3.89. The van der Waals surface area contributed by atoms with Gasteiger partial charge in [-0.3, -0.25) is 0 Å². The van der Waals surface area contributed by atoms with Crippen LogP contribution in [0.15, 0.2) is 36.5 Å². The van der Waals surface area contributed by atoms with Crippen LogP contribution in [0.5, 0.6) is 11.6 Å². The third-order valence-corrected chi connectivity index (χ3v) is 2.75. The van der Waals surface area contributed by atoms with Gasteiger partial charge in [0.1, 0.15) is 5.75 Å². The maximum Gasteiger partial charge on any atom is 0.242 e. The van der Waals surface area contributed by atoms with E-state index in [0.717, 1.165) is 11.3 Å². The average molecular weight is 242 g/mol. The molecule has 0 amide bonds. The minimum absolute atomic E-state index is 0.460. The van der Waals surface area contributed by atoms with Gasteiger partial charge in [-0.05, 0) is 42.2 Å². The number of nitrogen functional groups attached to an aromatic ring is 1. The molecule has 0 bridgehead atoms. The molecule has 1 heterocycles. The standard InChI is InChI=1S/C15H18N2O/c1-10(2)12-5-4-6-13(8-12)18-15-14(16)7-11(3)9-17-15/h4-10H,16H2,1-3H3. The number of hydrogen-bond donors (Lipinski definition) is 1. The fourth-order valence-electron chi connectivity index (χ4n) is 1.71. The Morgan fingerprint density at radius 3 is 2.67 bits per heavy atom. The summed E-state index contributed by atoms with van der Waals surface area (Å²) in [6.07, 6.45) is 1.75. The first-order chi connectivity index (χ1) is 8.56. The fraction of sp³-hybridized carbons (Fsp3) is 0.267. The molecule has 0 unspecified atom stereocenters. The van der Waals surface area contributed by atoms with Crippen molar-refractivity contribution in [1.29, 1.82) is 0 Å². The van der Waals surface area contributed by atoms with Crippen molar-refractivity contribution in [3.8, 4) is 11.6 Å². The summed E-state index contributed by atoms with van der Waals surface area (Å²) in [5, 5.41) is 0. The molecule has 2 rings (SSSR count). The summed E-state index contributed by atoms with van der Waals surface area (Å²) < 4.78 is 5.72. The molecule has 18 heavy (non-hydrogen) atoms. The van der Waals surface area contributed by atoms with E-state index >= 15 is 0 Å². The van der Waals surface area contributed by atoms with Crippen LogP contribution in [0, 0.1) is 6.92 Å². The molecule has 2 aromatic rings. The van der Waals surface area contributed by atoms with E-state index in [0.29, 0.717) is 17.5 Å². The largest absolute Gasteiger partial charge is 0.437 e. The van der Waals surface area contributed by atoms with Crippen LogP contribution in [0.25, 0.3) is 0 Å². The molecular formula is C15H18N2O. The molecular weight excluding hydrogens is 224 g/mol. The monoisotopic (exact) mass is 242 g/mol. The summed E-state index contributed by atoms with van der Waals surface area (Å²) in [6.45, 7) is 6.25. The van der Waals surface area contributed by atoms with Crippen LogP contribution in [0.3, 0.4) is 0 Å². The van der Waals surface area contributed by atoms with Gasteiger partial charge in [-0.25, -0.2) is 4.98 Å². The molecule has 0 atom stereocenters. The Kier molecular flexibility index (Phi) is 3.51. The number of anilines is 1. The summed E-state index contributed by atoms with van der Waals surface area (Å²) in [7, 11) is 0. The SMILES string of the molecule is Cc1cnc(Oc2cccc(C(C)C)c2)c(N)c1. The van der Waals surface area contributed by atoms with Crippen LogP contribution < -0.4 is 10.5 Å². The zero-order chi connectivity index (χ0) is 13.1. The Bertz CT molecular complexity index is 550. The molecule has 0 aliphatic heterocycles. The van der Waals surface area contributed by atoms with Crippen LogP contribution in [-0.2, 0) is 0 Å². The van der Waals surface area contributed by atoms with Crippen molar-refractivity contribution in [3.63, 3.8) is 0 Å². The number of ether oxygens (including phenoxy) is 1. The van der Waals surface area contributed by atoms with Gasteiger partial charge in [0.25, 0.3) is 0 Å². The summed E-state index contributed by atoms with van der Waals surface area (Å²) >= 11 is 0. The lowest BCUT2D eigenvalue weighted by molar-refractivity contribution is 0.464. The Morgan fingerprint density at radius 1 is 1.22 bits per heavy atom. The van der Waals surface area contributed by atoms with Crippen molar-refractivity contribution < 1.29 is 4.74 Å². The Labute approximate surface area is 108 Å². The number of nitrogens with zero attached hydrogens (tertiary/aromatic N) is 1. The van der Waals surface area contributed by atoms with Crippen molar-refractivity contribution in [3.05, 3.63) is 47.7 Å². The van der Waals surface area contributed by atoms with E-state index < -0.39 is 0 Å². The van der Waals surface area contributed by atoms with Crippen molar-refractivity contribution in [2.45, 2.75) is 26.7 Å². The highest BCUT2D eigenvalue weighted by Crippen LogP contribution is 2.27. The third kappa shape index (κ3) is 2.80. The highest BCUT2D eigenvalue weighted by atomic mass is 16.5. The van der Waals surface area contributed by atoms with Gasteiger partial charge in [0.2, 0.25) is 5.88 Å². The van der Waals surface area contributed by atoms with Crippen molar-refractivity contribution in [1.82, 2.24) is 4.98 Å². The normalized spacial score (nSPS) is 10.7. The first-order valence-corrected chi connectivity index (χ1v) is 6.06. The number of aromatic nitrogens is 1. The molecule has 2 N–H and O–H groups in total. The molecule has 94 valence electrons. The number of hydrogen-bond acceptors (Lipinski definition) is 3. The minimum Gasteiger partial charge on any atom is -0.437 e. The smallest absolute Gasteiger partial charge is 0.242 e. The number of benzene rings is 1. The molecule has 3 nitrogen and oxygen atoms in total. The van der Waals surface area contributed by atoms with Crippen LogP contribution in [0.2, 0.25) is 0 Å². The molecule has 0 fully saturated rings. The first-order valence-electron chi connectivity index (χ1n) is 6.06. The van der Waals surface area contributed by atoms with Crippen LogP contribution in [-0.4, -0.2) is 4.98 Å². The van der Waals surface area contributed by atoms with Gasteiger partial charge in [-0.1, -0.05) is 26.0 Å². The van der Waals surface area contributed by atoms with E-state index in [9.17, 15) is 0 Å². The van der Waals surface area contributed by atoms with Gasteiger partial charge in [0.05, 0.1) is 5.69 Å². The number of nitrogens with two attached hydrogens (primary N) is 1. The molecule has 1 aromatic carbocycles. The zero-order valence-electron chi connectivity index (χ0n) is 11.0. The number of aryl methyl sites for hydroxylation is 1. The third-order valence-electron chi connectivity index (χ3n) is 2.75. The Hall–Kier alpha value is -2.03. The second kappa shape index (κ2) is 5.08. The second-order valence-corrected chi connectivity index (χ2v) is 4.74. The van der Waals surface area contributed by atoms with Crippen molar-refractivity contribution in [2.75, 3.05) is 5.73 Å². The highest BCUT2D eigenvalue weighted by molar-refractivity contribution is 5.51. The lowest BCUT2D eigenvalue weighted by atomic mass is 10.0. The van der Waals surface area contributed by atoms with Crippen LogP contribution >= 0.6 is 0 Å². The second-order valence-electron chi connectivity index (χ2n) is 4.74. The summed E-state index contributed by atoms with van der Waals surface area (Å²) in [6, 6.07) is 9.85. The van der Waals surface area contributed by atoms with E-state index in [1.807, 2.05) is 31.2 Å². The summed E-state index contributed by atoms with van der Waals surface area (Å²) in [5.41, 5.74) is 8.70. The molecule has 0 saturated heterocycles. The van der Waals surface area contributed by atoms with Crippen molar-refractivity contribution >= 4 is 5.69 Å². The fourth-order valence-corrected chi connectivity index (χ4v) is 1.71. The van der Waals surface area contributed by atoms with Crippen LogP contribution in [0.4, 0.5) is 5.69 Å². The van der Waals surface area contributed by atoms with Gasteiger partial charge < -0.3 is 10.5 Å². The van der Waals surface area contributed by atoms with Gasteiger partial charge >= 0.3 is 0 Å². The first kappa shape index (κ1) is 12.4. The highest BCUT2D eigenvalue weighted by Gasteiger charge is 2.06. The van der Waals surface area contributed by atoms with E-state index in [2.05, 4.69) is 24.9 Å². The molecule has 3 heteroatoms. The van der Waals surface area contributed by atoms with E-state index in [1.165, 1.54) is 5.56 Å². The molecule has 1 aromatic heterocycles. The van der Waals surface area contributed by atoms with Gasteiger partial charge in [-0.2, -0.15) is 0 Å². The number of pyridine rings is 1. The van der Waals surface area contributed by atoms with E-state index in [4.69, 9.17) is 10.5 Å². The molecule has 0 saturated carbocycles. The van der Waals surface area contributed by atoms with Gasteiger partial charge in [-0.15, -0.1) is 0 Å². The van der Waals surface area contributed by atoms with Crippen molar-refractivity contribution in [2.24, 2.45) is 0 Å². The lowest BCUT2D eigenvalue weighted by Gasteiger charge is -2.10. The molecule has 0 spiro atoms. The van der Waals surface area contributed by atoms with Gasteiger partial charge in [0, 0.05) is 6.20 Å². The van der Waals surface area contributed by atoms with Gasteiger partial charge in [0.15, 0.2) is 0 Å². The minimum atomic E-state index is 0.460. The predicted molar refractivity (Wildman–Crippen MR) is 74.0 cm³/mol. The Morgan fingerprint density at radius 2 is 2.00 bits per heavy atom. The summed E-state index contributed by atoms with van der Waals surface area (Å²) in [5.74, 6) is 1.70. The Balaban J connectivity index is 2.25. The maximum absolute atomic E-state index is 5.88. The number of rotatable bonds is 3.